The summed E-state index contributed by atoms with van der Waals surface area (Å²) in [5.41, 5.74) is 3.59. The van der Waals surface area contributed by atoms with Crippen LogP contribution in [0.2, 0.25) is 0 Å². The predicted octanol–water partition coefficient (Wildman–Crippen LogP) is 5.35. The van der Waals surface area contributed by atoms with Gasteiger partial charge in [-0.3, -0.25) is 0 Å². The van der Waals surface area contributed by atoms with Gasteiger partial charge in [0.1, 0.15) is 5.75 Å². The van der Waals surface area contributed by atoms with E-state index in [0.29, 0.717) is 11.5 Å². The van der Waals surface area contributed by atoms with Gasteiger partial charge < -0.3 is 9.47 Å². The zero-order valence-electron chi connectivity index (χ0n) is 15.5. The summed E-state index contributed by atoms with van der Waals surface area (Å²) in [6, 6.07) is 6.90. The van der Waals surface area contributed by atoms with Gasteiger partial charge in [-0.2, -0.15) is 0 Å². The van der Waals surface area contributed by atoms with Crippen molar-refractivity contribution in [3.05, 3.63) is 29.3 Å². The number of hydrogen-bond acceptors (Lipinski definition) is 2. The molecule has 0 spiro atoms. The van der Waals surface area contributed by atoms with Gasteiger partial charge in [-0.05, 0) is 91.4 Å². The zero-order valence-corrected chi connectivity index (χ0v) is 15.5. The second-order valence-corrected chi connectivity index (χ2v) is 8.47. The molecule has 2 fully saturated rings. The van der Waals surface area contributed by atoms with Crippen molar-refractivity contribution in [1.29, 1.82) is 0 Å². The minimum Gasteiger partial charge on any atom is -0.494 e. The Bertz CT molecular complexity index is 596. The fourth-order valence-electron chi connectivity index (χ4n) is 6.21. The molecule has 1 aromatic rings. The van der Waals surface area contributed by atoms with E-state index in [0.717, 1.165) is 36.5 Å². The molecular formula is C22H32O2. The summed E-state index contributed by atoms with van der Waals surface area (Å²) in [6.45, 7) is 5.49. The van der Waals surface area contributed by atoms with Gasteiger partial charge in [-0.1, -0.05) is 19.9 Å². The van der Waals surface area contributed by atoms with Crippen molar-refractivity contribution < 1.29 is 9.47 Å². The van der Waals surface area contributed by atoms with Crippen molar-refractivity contribution in [1.82, 2.24) is 0 Å². The van der Waals surface area contributed by atoms with E-state index in [1.807, 2.05) is 7.11 Å². The Labute approximate surface area is 146 Å². The normalized spacial score (nSPS) is 37.5. The first-order valence-electron chi connectivity index (χ1n) is 9.95. The van der Waals surface area contributed by atoms with Gasteiger partial charge in [0.25, 0.3) is 0 Å². The molecule has 0 saturated heterocycles. The molecule has 0 heterocycles. The maximum absolute atomic E-state index is 5.87. The molecule has 1 aromatic carbocycles. The van der Waals surface area contributed by atoms with Crippen molar-refractivity contribution in [3.63, 3.8) is 0 Å². The molecule has 24 heavy (non-hydrogen) atoms. The molecule has 0 aliphatic heterocycles. The summed E-state index contributed by atoms with van der Waals surface area (Å²) in [7, 11) is 1.92. The quantitative estimate of drug-likeness (QED) is 0.742. The molecule has 3 aliphatic carbocycles. The molecule has 2 saturated carbocycles. The fourth-order valence-corrected chi connectivity index (χ4v) is 6.21. The molecule has 2 nitrogen and oxygen atoms in total. The van der Waals surface area contributed by atoms with E-state index < -0.39 is 0 Å². The Morgan fingerprint density at radius 3 is 2.83 bits per heavy atom. The van der Waals surface area contributed by atoms with Gasteiger partial charge in [0, 0.05) is 7.11 Å². The molecule has 0 N–H and O–H groups in total. The first-order chi connectivity index (χ1) is 11.7. The summed E-state index contributed by atoms with van der Waals surface area (Å²) in [5, 5.41) is 0. The van der Waals surface area contributed by atoms with Crippen LogP contribution in [0.4, 0.5) is 0 Å². The summed E-state index contributed by atoms with van der Waals surface area (Å²) in [5.74, 6) is 3.54. The van der Waals surface area contributed by atoms with Crippen LogP contribution in [0.1, 0.15) is 69.4 Å². The number of hydrogen-bond donors (Lipinski definition) is 0. The lowest BCUT2D eigenvalue weighted by atomic mass is 9.55. The number of benzene rings is 1. The summed E-state index contributed by atoms with van der Waals surface area (Å²) < 4.78 is 11.7. The third-order valence-corrected chi connectivity index (χ3v) is 7.37. The average Bonchev–Trinajstić information content (AvgIpc) is 2.95. The molecule has 4 unspecified atom stereocenters. The minimum absolute atomic E-state index is 0.414. The number of fused-ring (bicyclic) bond motifs is 5. The number of rotatable bonds is 4. The van der Waals surface area contributed by atoms with Crippen LogP contribution in [-0.2, 0) is 11.2 Å². The van der Waals surface area contributed by atoms with Crippen LogP contribution in [0.15, 0.2) is 18.2 Å². The van der Waals surface area contributed by atoms with E-state index in [1.54, 1.807) is 11.1 Å². The van der Waals surface area contributed by atoms with Crippen LogP contribution in [0, 0.1) is 17.3 Å². The highest BCUT2D eigenvalue weighted by molar-refractivity contribution is 5.40. The molecule has 0 radical (unpaired) electrons. The predicted molar refractivity (Wildman–Crippen MR) is 97.6 cm³/mol. The van der Waals surface area contributed by atoms with Crippen molar-refractivity contribution in [2.24, 2.45) is 17.3 Å². The Morgan fingerprint density at radius 1 is 1.17 bits per heavy atom. The second-order valence-electron chi connectivity index (χ2n) is 8.47. The Hall–Kier alpha value is -1.02. The summed E-state index contributed by atoms with van der Waals surface area (Å²) in [6.07, 6.45) is 9.42. The minimum atomic E-state index is 0.414. The van der Waals surface area contributed by atoms with E-state index in [-0.39, 0.29) is 0 Å². The Balaban J connectivity index is 1.58. The summed E-state index contributed by atoms with van der Waals surface area (Å²) >= 11 is 0. The molecule has 0 amide bonds. The maximum atomic E-state index is 5.87. The van der Waals surface area contributed by atoms with E-state index in [4.69, 9.17) is 9.47 Å². The van der Waals surface area contributed by atoms with Crippen molar-refractivity contribution in [2.75, 3.05) is 13.7 Å². The van der Waals surface area contributed by atoms with Crippen molar-refractivity contribution in [2.45, 2.75) is 70.8 Å². The monoisotopic (exact) mass is 328 g/mol. The average molecular weight is 328 g/mol. The molecule has 0 aromatic heterocycles. The van der Waals surface area contributed by atoms with E-state index in [1.165, 1.54) is 38.5 Å². The van der Waals surface area contributed by atoms with Crippen molar-refractivity contribution >= 4 is 0 Å². The van der Waals surface area contributed by atoms with Gasteiger partial charge in [0.05, 0.1) is 12.7 Å². The van der Waals surface area contributed by atoms with E-state index in [2.05, 4.69) is 32.0 Å². The number of ether oxygens (including phenoxy) is 2. The van der Waals surface area contributed by atoms with Crippen LogP contribution in [0.25, 0.3) is 0 Å². The highest BCUT2D eigenvalue weighted by atomic mass is 16.5. The lowest BCUT2D eigenvalue weighted by Crippen LogP contribution is -2.44. The fraction of sp³-hybridized carbons (Fsp3) is 0.727. The molecule has 5 atom stereocenters. The molecule has 2 heteroatoms. The summed E-state index contributed by atoms with van der Waals surface area (Å²) in [4.78, 5) is 0. The third kappa shape index (κ3) is 2.49. The van der Waals surface area contributed by atoms with Crippen LogP contribution >= 0.6 is 0 Å². The lowest BCUT2D eigenvalue weighted by Gasteiger charge is -2.50. The third-order valence-electron chi connectivity index (χ3n) is 7.37. The SMILES string of the molecule is CCCOc1ccc2c(c1)CCC1C2CC[C@]2(C)C(OC)CCC12. The van der Waals surface area contributed by atoms with Crippen LogP contribution < -0.4 is 4.74 Å². The van der Waals surface area contributed by atoms with Gasteiger partial charge in [0.15, 0.2) is 0 Å². The van der Waals surface area contributed by atoms with Crippen LogP contribution in [-0.4, -0.2) is 19.8 Å². The first-order valence-corrected chi connectivity index (χ1v) is 9.95. The number of aryl methyl sites for hydroxylation is 1. The Morgan fingerprint density at radius 2 is 2.04 bits per heavy atom. The molecule has 3 aliphatic rings. The van der Waals surface area contributed by atoms with E-state index in [9.17, 15) is 0 Å². The highest BCUT2D eigenvalue weighted by Gasteiger charge is 2.54. The van der Waals surface area contributed by atoms with Gasteiger partial charge in [-0.15, -0.1) is 0 Å². The van der Waals surface area contributed by atoms with Gasteiger partial charge >= 0.3 is 0 Å². The van der Waals surface area contributed by atoms with Crippen molar-refractivity contribution in [3.8, 4) is 5.75 Å². The highest BCUT2D eigenvalue weighted by Crippen LogP contribution is 2.61. The first kappa shape index (κ1) is 16.4. The second kappa shape index (κ2) is 6.37. The zero-order chi connectivity index (χ0) is 16.7. The standard InChI is InChI=1S/C22H32O2/c1-4-13-24-16-6-8-17-15(14-16)5-7-19-18(17)11-12-22(2)20(19)9-10-21(22)23-3/h6,8,14,18-21H,4-5,7,9-13H2,1-3H3/t18?,19?,20?,21?,22-/m0/s1. The Kier molecular flexibility index (Phi) is 4.36. The maximum Gasteiger partial charge on any atom is 0.119 e. The lowest BCUT2D eigenvalue weighted by molar-refractivity contribution is -0.0444. The van der Waals surface area contributed by atoms with Gasteiger partial charge in [0.2, 0.25) is 0 Å². The smallest absolute Gasteiger partial charge is 0.119 e. The molecule has 4 rings (SSSR count). The largest absolute Gasteiger partial charge is 0.494 e. The molecular weight excluding hydrogens is 296 g/mol. The molecule has 132 valence electrons. The van der Waals surface area contributed by atoms with E-state index >= 15 is 0 Å². The topological polar surface area (TPSA) is 18.5 Å². The van der Waals surface area contributed by atoms with Crippen LogP contribution in [0.5, 0.6) is 5.75 Å². The molecule has 0 bridgehead atoms. The number of methoxy groups -OCH3 is 1. The van der Waals surface area contributed by atoms with Crippen LogP contribution in [0.3, 0.4) is 0 Å². The van der Waals surface area contributed by atoms with Gasteiger partial charge in [-0.25, -0.2) is 0 Å².